The second kappa shape index (κ2) is 7.19. The molecule has 4 unspecified atom stereocenters. The molecule has 0 N–H and O–H groups in total. The van der Waals surface area contributed by atoms with Crippen molar-refractivity contribution in [2.24, 2.45) is 5.92 Å². The highest BCUT2D eigenvalue weighted by atomic mass is 31.0. The molecule has 0 aliphatic carbocycles. The maximum atomic E-state index is 11.4. The average molecular weight is 196 g/mol. The number of Topliss-reactive ketones (excluding diaryl/α,β-unsaturated/α-hetero) is 1. The van der Waals surface area contributed by atoms with Crippen LogP contribution in [0, 0.1) is 5.92 Å². The van der Waals surface area contributed by atoms with Crippen LogP contribution in [0.5, 0.6) is 0 Å². The first-order valence-corrected chi connectivity index (χ1v) is 5.19. The summed E-state index contributed by atoms with van der Waals surface area (Å²) in [5.41, 5.74) is 0. The lowest BCUT2D eigenvalue weighted by Crippen LogP contribution is -2.14. The number of carbonyl (C=O) groups is 1. The summed E-state index contributed by atoms with van der Waals surface area (Å²) in [6.45, 7) is 1.83. The Labute approximate surface area is 76.9 Å². The Bertz CT molecular complexity index is 152. The van der Waals surface area contributed by atoms with Crippen molar-refractivity contribution in [2.45, 2.75) is 26.2 Å². The van der Waals surface area contributed by atoms with Gasteiger partial charge in [-0.05, 0) is 25.1 Å². The highest BCUT2D eigenvalue weighted by Gasteiger charge is 2.13. The summed E-state index contributed by atoms with van der Waals surface area (Å²) in [7, 11) is 4.75. The molecule has 0 bridgehead atoms. The van der Waals surface area contributed by atoms with Crippen LogP contribution < -0.4 is 0 Å². The van der Waals surface area contributed by atoms with Crippen LogP contribution in [0.2, 0.25) is 0 Å². The van der Waals surface area contributed by atoms with E-state index in [1.165, 1.54) is 0 Å². The molecule has 0 heterocycles. The third kappa shape index (κ3) is 4.88. The smallest absolute Gasteiger partial charge is 0.135 e. The van der Waals surface area contributed by atoms with Crippen molar-refractivity contribution >= 4 is 24.3 Å². The van der Waals surface area contributed by atoms with Crippen molar-refractivity contribution < 1.29 is 7.54 Å². The molecule has 0 saturated carbocycles. The van der Waals surface area contributed by atoms with Gasteiger partial charge in [0.25, 0.3) is 0 Å². The van der Waals surface area contributed by atoms with Gasteiger partial charge in [-0.1, -0.05) is 6.92 Å². The van der Waals surface area contributed by atoms with Crippen LogP contribution in [0.25, 0.3) is 0 Å². The molecule has 0 rings (SSSR count). The van der Waals surface area contributed by atoms with Crippen LogP contribution in [0.1, 0.15) is 28.9 Å². The first kappa shape index (κ1) is 8.14. The minimum Gasteiger partial charge on any atom is -0.299 e. The van der Waals surface area contributed by atoms with E-state index < -0.39 is 0 Å². The molecule has 0 aliphatic rings. The number of rotatable bonds is 6. The van der Waals surface area contributed by atoms with Gasteiger partial charge in [-0.2, -0.15) is 0 Å². The second-order valence-electron chi connectivity index (χ2n) is 2.46. The molecule has 0 aromatic carbocycles. The van der Waals surface area contributed by atoms with Crippen molar-refractivity contribution in [1.82, 2.24) is 0 Å². The molecule has 0 spiro atoms. The van der Waals surface area contributed by atoms with Crippen LogP contribution in [0.15, 0.2) is 0 Å². The van der Waals surface area contributed by atoms with E-state index in [0.717, 1.165) is 0 Å². The molecule has 1 nitrogen and oxygen atoms in total. The summed E-state index contributed by atoms with van der Waals surface area (Å²) in [5.74, 6) is 0.0735. The Morgan fingerprint density at radius 1 is 1.45 bits per heavy atom. The van der Waals surface area contributed by atoms with E-state index in [0.29, 0.717) is 19.3 Å². The van der Waals surface area contributed by atoms with Gasteiger partial charge in [-0.3, -0.25) is 4.79 Å². The summed E-state index contributed by atoms with van der Waals surface area (Å²) in [6.07, 6.45) is 1.05. The van der Waals surface area contributed by atoms with Gasteiger partial charge in [0, 0.05) is 15.1 Å². The quantitative estimate of drug-likeness (QED) is 0.594. The van der Waals surface area contributed by atoms with Gasteiger partial charge in [-0.15, -0.1) is 18.5 Å². The minimum atomic E-state index is -0.288. The predicted molar refractivity (Wildman–Crippen MR) is 57.2 cm³/mol. The first-order chi connectivity index (χ1) is 5.97. The zero-order valence-corrected chi connectivity index (χ0v) is 9.23. The molecule has 3 heteroatoms. The Morgan fingerprint density at radius 3 is 2.18 bits per heavy atom. The highest BCUT2D eigenvalue weighted by Crippen LogP contribution is 2.14. The van der Waals surface area contributed by atoms with Crippen molar-refractivity contribution in [2.75, 3.05) is 12.3 Å². The lowest BCUT2D eigenvalue weighted by Gasteiger charge is -2.11. The first-order valence-electron chi connectivity index (χ1n) is 5.01. The summed E-state index contributed by atoms with van der Waals surface area (Å²) < 4.78 is 14.7. The van der Waals surface area contributed by atoms with E-state index in [9.17, 15) is 4.79 Å². The van der Waals surface area contributed by atoms with E-state index >= 15 is 0 Å². The lowest BCUT2D eigenvalue weighted by molar-refractivity contribution is -0.122. The summed E-state index contributed by atoms with van der Waals surface area (Å²) in [6, 6.07) is 0. The third-order valence-corrected chi connectivity index (χ3v) is 2.19. The number of carbonyl (C=O) groups excluding carboxylic acids is 1. The Hall–Kier alpha value is 0.530. The lowest BCUT2D eigenvalue weighted by atomic mass is 9.96. The fraction of sp³-hybridized carbons (Fsp3) is 0.875. The molecule has 0 saturated heterocycles. The summed E-state index contributed by atoms with van der Waals surface area (Å²) >= 11 is 0. The van der Waals surface area contributed by atoms with Crippen molar-refractivity contribution in [3.63, 3.8) is 0 Å². The SMILES string of the molecule is [3H]C(P)CC(CC([3H])P)C(=O)CC. The normalized spacial score (nSPS) is 21.4. The van der Waals surface area contributed by atoms with Gasteiger partial charge in [0.15, 0.2) is 0 Å². The van der Waals surface area contributed by atoms with E-state index in [1.54, 1.807) is 0 Å². The number of ketones is 1. The summed E-state index contributed by atoms with van der Waals surface area (Å²) in [4.78, 5) is 11.4. The second-order valence-corrected chi connectivity index (χ2v) is 3.40. The minimum absolute atomic E-state index is 0.106. The van der Waals surface area contributed by atoms with Crippen molar-refractivity contribution in [3.05, 3.63) is 0 Å². The number of hydrogen-bond donors (Lipinski definition) is 0. The molecule has 0 amide bonds. The molecule has 0 aromatic rings. The molecule has 0 radical (unpaired) electrons. The Balaban J connectivity index is 4.10. The maximum absolute atomic E-state index is 11.4. The average Bonchev–Trinajstić information content (AvgIpc) is 2.00. The van der Waals surface area contributed by atoms with Gasteiger partial charge in [0.1, 0.15) is 5.78 Å². The Kier molecular flexibility index (Phi) is 5.33. The van der Waals surface area contributed by atoms with Crippen LogP contribution in [0.3, 0.4) is 0 Å². The fourth-order valence-electron chi connectivity index (χ4n) is 0.976. The van der Waals surface area contributed by atoms with Gasteiger partial charge < -0.3 is 0 Å². The van der Waals surface area contributed by atoms with Gasteiger partial charge >= 0.3 is 0 Å². The molecule has 0 aliphatic heterocycles. The van der Waals surface area contributed by atoms with E-state index in [4.69, 9.17) is 2.74 Å². The molecule has 66 valence electrons. The van der Waals surface area contributed by atoms with Crippen molar-refractivity contribution in [3.8, 4) is 0 Å². The van der Waals surface area contributed by atoms with Gasteiger partial charge in [0.05, 0.1) is 0 Å². The standard InChI is InChI=1S/C8H18OP2/c1-2-8(9)7(3-5-10)4-6-11/h7H,2-6,10-11H2,1H3/i5T,6T. The molecular weight excluding hydrogens is 174 g/mol. The maximum Gasteiger partial charge on any atom is 0.135 e. The zero-order valence-electron chi connectivity index (χ0n) is 8.92. The highest BCUT2D eigenvalue weighted by molar-refractivity contribution is 7.16. The largest absolute Gasteiger partial charge is 0.299 e. The fourth-order valence-corrected chi connectivity index (χ4v) is 1.63. The van der Waals surface area contributed by atoms with Crippen LogP contribution in [-0.4, -0.2) is 18.1 Å². The van der Waals surface area contributed by atoms with Gasteiger partial charge in [0.2, 0.25) is 0 Å². The molecule has 0 aromatic heterocycles. The Morgan fingerprint density at radius 2 is 1.91 bits per heavy atom. The van der Waals surface area contributed by atoms with E-state index in [2.05, 4.69) is 18.5 Å². The molecule has 0 fully saturated rings. The van der Waals surface area contributed by atoms with E-state index in [1.807, 2.05) is 6.92 Å². The predicted octanol–water partition coefficient (Wildman–Crippen LogP) is 2.11. The number of hydrogen-bond acceptors (Lipinski definition) is 1. The van der Waals surface area contributed by atoms with Crippen LogP contribution in [0.4, 0.5) is 0 Å². The topological polar surface area (TPSA) is 17.1 Å². The van der Waals surface area contributed by atoms with Crippen LogP contribution in [-0.2, 0) is 4.79 Å². The van der Waals surface area contributed by atoms with E-state index in [-0.39, 0.29) is 24.0 Å². The molecule has 11 heavy (non-hydrogen) atoms. The summed E-state index contributed by atoms with van der Waals surface area (Å²) in [5, 5.41) is 0. The monoisotopic (exact) mass is 196 g/mol. The van der Waals surface area contributed by atoms with Crippen LogP contribution >= 0.6 is 18.5 Å². The third-order valence-electron chi connectivity index (χ3n) is 1.65. The van der Waals surface area contributed by atoms with Gasteiger partial charge in [-0.25, -0.2) is 0 Å². The zero-order chi connectivity index (χ0) is 10.4. The molecular formula is C8H18OP2. The van der Waals surface area contributed by atoms with Crippen molar-refractivity contribution in [1.29, 1.82) is 0 Å². The molecule has 4 atom stereocenters.